The van der Waals surface area contributed by atoms with Crippen LogP contribution in [0.4, 0.5) is 11.4 Å². The molecule has 28 heavy (non-hydrogen) atoms. The summed E-state index contributed by atoms with van der Waals surface area (Å²) in [5.41, 5.74) is 4.33. The molecule has 2 aliphatic rings. The highest BCUT2D eigenvalue weighted by molar-refractivity contribution is 5.94. The molecule has 0 aliphatic carbocycles. The number of hydrogen-bond acceptors (Lipinski definition) is 4. The number of piperazine rings is 1. The zero-order valence-electron chi connectivity index (χ0n) is 16.8. The molecule has 148 valence electrons. The van der Waals surface area contributed by atoms with Gasteiger partial charge in [-0.15, -0.1) is 0 Å². The van der Waals surface area contributed by atoms with Crippen LogP contribution in [0.2, 0.25) is 0 Å². The summed E-state index contributed by atoms with van der Waals surface area (Å²) in [7, 11) is 0. The number of carbonyl (C=O) groups is 1. The summed E-state index contributed by atoms with van der Waals surface area (Å²) in [4.78, 5) is 17.7. The van der Waals surface area contributed by atoms with Crippen molar-refractivity contribution in [3.8, 4) is 5.75 Å². The van der Waals surface area contributed by atoms with Gasteiger partial charge in [-0.05, 0) is 55.3 Å². The Balaban J connectivity index is 1.39. The number of ether oxygens (including phenoxy) is 1. The number of amides is 1. The zero-order valence-corrected chi connectivity index (χ0v) is 16.8. The number of rotatable bonds is 4. The van der Waals surface area contributed by atoms with E-state index in [1.54, 1.807) is 0 Å². The quantitative estimate of drug-likeness (QED) is 0.885. The zero-order chi connectivity index (χ0) is 19.5. The molecular weight excluding hydrogens is 350 g/mol. The highest BCUT2D eigenvalue weighted by Crippen LogP contribution is 2.29. The molecule has 0 bridgehead atoms. The molecule has 1 amide bonds. The first kappa shape index (κ1) is 18.8. The Hall–Kier alpha value is -2.53. The van der Waals surface area contributed by atoms with Crippen molar-refractivity contribution >= 4 is 17.3 Å². The monoisotopic (exact) mass is 379 g/mol. The predicted octanol–water partition coefficient (Wildman–Crippen LogP) is 3.33. The minimum absolute atomic E-state index is 0.0295. The van der Waals surface area contributed by atoms with Crippen molar-refractivity contribution in [3.63, 3.8) is 0 Å². The van der Waals surface area contributed by atoms with E-state index in [1.165, 1.54) is 5.69 Å². The normalized spacial score (nSPS) is 19.6. The molecule has 0 aromatic heterocycles. The van der Waals surface area contributed by atoms with Gasteiger partial charge in [0.1, 0.15) is 12.4 Å². The number of fused-ring (bicyclic) bond motifs is 1. The highest BCUT2D eigenvalue weighted by atomic mass is 16.5. The molecule has 1 fully saturated rings. The van der Waals surface area contributed by atoms with Crippen molar-refractivity contribution < 1.29 is 9.53 Å². The van der Waals surface area contributed by atoms with Crippen molar-refractivity contribution in [1.29, 1.82) is 0 Å². The summed E-state index contributed by atoms with van der Waals surface area (Å²) < 4.78 is 5.77. The smallest absolute Gasteiger partial charge is 0.231 e. The second kappa shape index (κ2) is 8.23. The van der Waals surface area contributed by atoms with Gasteiger partial charge in [0, 0.05) is 37.6 Å². The molecule has 2 aromatic rings. The van der Waals surface area contributed by atoms with Crippen molar-refractivity contribution in [2.24, 2.45) is 5.92 Å². The van der Waals surface area contributed by atoms with Gasteiger partial charge in [0.15, 0.2) is 0 Å². The fourth-order valence-electron chi connectivity index (χ4n) is 4.04. The fourth-order valence-corrected chi connectivity index (χ4v) is 4.04. The molecule has 1 atom stereocenters. The number of nitrogens with zero attached hydrogens (tertiary/aromatic N) is 2. The molecule has 0 spiro atoms. The molecule has 0 radical (unpaired) electrons. The molecule has 2 aliphatic heterocycles. The Labute approximate surface area is 167 Å². The Morgan fingerprint density at radius 3 is 2.68 bits per heavy atom. The van der Waals surface area contributed by atoms with Crippen molar-refractivity contribution in [1.82, 2.24) is 4.90 Å². The van der Waals surface area contributed by atoms with Crippen LogP contribution in [0, 0.1) is 12.8 Å². The second-order valence-electron chi connectivity index (χ2n) is 7.73. The summed E-state index contributed by atoms with van der Waals surface area (Å²) in [6, 6.07) is 14.3. The number of aryl methyl sites for hydroxylation is 1. The van der Waals surface area contributed by atoms with Gasteiger partial charge >= 0.3 is 0 Å². The lowest BCUT2D eigenvalue weighted by Crippen LogP contribution is -2.46. The molecule has 5 nitrogen and oxygen atoms in total. The molecule has 2 aromatic carbocycles. The second-order valence-corrected chi connectivity index (χ2v) is 7.73. The summed E-state index contributed by atoms with van der Waals surface area (Å²) in [6.45, 7) is 10.2. The summed E-state index contributed by atoms with van der Waals surface area (Å²) >= 11 is 0. The first-order valence-corrected chi connectivity index (χ1v) is 10.2. The van der Waals surface area contributed by atoms with Crippen LogP contribution < -0.4 is 15.0 Å². The van der Waals surface area contributed by atoms with Gasteiger partial charge in [-0.25, -0.2) is 0 Å². The van der Waals surface area contributed by atoms with E-state index in [0.29, 0.717) is 6.61 Å². The first-order chi connectivity index (χ1) is 13.6. The number of nitrogens with one attached hydrogen (secondary N) is 1. The third-order valence-corrected chi connectivity index (χ3v) is 5.90. The average Bonchev–Trinajstić information content (AvgIpc) is 2.74. The van der Waals surface area contributed by atoms with Gasteiger partial charge in [0.25, 0.3) is 0 Å². The summed E-state index contributed by atoms with van der Waals surface area (Å²) in [6.07, 6.45) is 0.723. The molecule has 2 heterocycles. The van der Waals surface area contributed by atoms with Crippen molar-refractivity contribution in [2.45, 2.75) is 20.3 Å². The van der Waals surface area contributed by atoms with E-state index >= 15 is 0 Å². The van der Waals surface area contributed by atoms with Gasteiger partial charge in [0.05, 0.1) is 5.92 Å². The highest BCUT2D eigenvalue weighted by Gasteiger charge is 2.26. The van der Waals surface area contributed by atoms with Crippen LogP contribution in [0.1, 0.15) is 18.1 Å². The number of para-hydroxylation sites is 1. The van der Waals surface area contributed by atoms with Crippen LogP contribution >= 0.6 is 0 Å². The van der Waals surface area contributed by atoms with Gasteiger partial charge < -0.3 is 19.9 Å². The minimum Gasteiger partial charge on any atom is -0.492 e. The Morgan fingerprint density at radius 2 is 1.93 bits per heavy atom. The maximum Gasteiger partial charge on any atom is 0.231 e. The van der Waals surface area contributed by atoms with Crippen LogP contribution in [0.3, 0.4) is 0 Å². The van der Waals surface area contributed by atoms with Crippen LogP contribution in [-0.4, -0.2) is 50.1 Å². The van der Waals surface area contributed by atoms with Crippen LogP contribution in [0.25, 0.3) is 0 Å². The van der Waals surface area contributed by atoms with Gasteiger partial charge in [0.2, 0.25) is 5.91 Å². The Bertz CT molecular complexity index is 843. The third kappa shape index (κ3) is 3.99. The van der Waals surface area contributed by atoms with Crippen molar-refractivity contribution in [2.75, 3.05) is 49.5 Å². The number of likely N-dealkylation sites (N-methyl/N-ethyl adjacent to an activating group) is 1. The predicted molar refractivity (Wildman–Crippen MR) is 113 cm³/mol. The lowest BCUT2D eigenvalue weighted by atomic mass is 9.96. The van der Waals surface area contributed by atoms with Gasteiger partial charge in [-0.2, -0.15) is 0 Å². The van der Waals surface area contributed by atoms with Crippen molar-refractivity contribution in [3.05, 3.63) is 53.6 Å². The van der Waals surface area contributed by atoms with Gasteiger partial charge in [-0.1, -0.05) is 25.1 Å². The average molecular weight is 380 g/mol. The largest absolute Gasteiger partial charge is 0.492 e. The van der Waals surface area contributed by atoms with E-state index in [0.717, 1.165) is 61.7 Å². The van der Waals surface area contributed by atoms with Crippen LogP contribution in [0.5, 0.6) is 5.75 Å². The maximum atomic E-state index is 12.8. The number of hydrogen-bond donors (Lipinski definition) is 1. The lowest BCUT2D eigenvalue weighted by molar-refractivity contribution is -0.121. The minimum atomic E-state index is -0.156. The van der Waals surface area contributed by atoms with E-state index in [1.807, 2.05) is 30.3 Å². The maximum absolute atomic E-state index is 12.8. The number of carbonyl (C=O) groups excluding carboxylic acids is 1. The molecule has 4 rings (SSSR count). The molecule has 1 saturated heterocycles. The molecule has 0 unspecified atom stereocenters. The van der Waals surface area contributed by atoms with E-state index < -0.39 is 0 Å². The SMILES string of the molecule is CCN1CCN(c2ccc(NC(=O)[C@H]3COc4ccccc4C3)c(C)c2)CC1. The topological polar surface area (TPSA) is 44.8 Å². The number of anilines is 2. The molecular formula is C23H29N3O2. The standard InChI is InChI=1S/C23H29N3O2/c1-3-25-10-12-26(13-11-25)20-8-9-21(17(2)14-20)24-23(27)19-15-18-6-4-5-7-22(18)28-16-19/h4-9,14,19H,3,10-13,15-16H2,1-2H3,(H,24,27)/t19-/m1/s1. The third-order valence-electron chi connectivity index (χ3n) is 5.90. The fraction of sp³-hybridized carbons (Fsp3) is 0.435. The van der Waals surface area contributed by atoms with E-state index in [-0.39, 0.29) is 11.8 Å². The Morgan fingerprint density at radius 1 is 1.14 bits per heavy atom. The summed E-state index contributed by atoms with van der Waals surface area (Å²) in [5.74, 6) is 0.772. The first-order valence-electron chi connectivity index (χ1n) is 10.2. The van der Waals surface area contributed by atoms with Gasteiger partial charge in [-0.3, -0.25) is 4.79 Å². The van der Waals surface area contributed by atoms with E-state index in [9.17, 15) is 4.79 Å². The van der Waals surface area contributed by atoms with E-state index in [2.05, 4.69) is 41.1 Å². The van der Waals surface area contributed by atoms with E-state index in [4.69, 9.17) is 4.74 Å². The number of benzene rings is 2. The molecule has 5 heteroatoms. The Kier molecular flexibility index (Phi) is 5.53. The van der Waals surface area contributed by atoms with Crippen LogP contribution in [0.15, 0.2) is 42.5 Å². The molecule has 1 N–H and O–H groups in total. The summed E-state index contributed by atoms with van der Waals surface area (Å²) in [5, 5.41) is 3.11. The molecule has 0 saturated carbocycles. The van der Waals surface area contributed by atoms with Crippen LogP contribution in [-0.2, 0) is 11.2 Å². The lowest BCUT2D eigenvalue weighted by Gasteiger charge is -2.35.